The predicted molar refractivity (Wildman–Crippen MR) is 59.0 cm³/mol. The van der Waals surface area contributed by atoms with Crippen LogP contribution in [0.3, 0.4) is 0 Å². The molecule has 0 amide bonds. The first-order valence-corrected chi connectivity index (χ1v) is 4.88. The molecule has 2 nitrogen and oxygen atoms in total. The average Bonchev–Trinajstić information content (AvgIpc) is 2.56. The van der Waals surface area contributed by atoms with Gasteiger partial charge in [0.1, 0.15) is 0 Å². The van der Waals surface area contributed by atoms with E-state index in [4.69, 9.17) is 5.73 Å². The maximum absolute atomic E-state index is 5.90. The Labute approximate surface area is 82.4 Å². The van der Waals surface area contributed by atoms with E-state index in [9.17, 15) is 0 Å². The second-order valence-corrected chi connectivity index (χ2v) is 3.79. The lowest BCUT2D eigenvalue weighted by atomic mass is 9.98. The van der Waals surface area contributed by atoms with Crippen molar-refractivity contribution in [1.29, 1.82) is 0 Å². The van der Waals surface area contributed by atoms with Crippen LogP contribution in [0, 0.1) is 0 Å². The molecule has 1 aliphatic rings. The molecule has 0 aliphatic heterocycles. The van der Waals surface area contributed by atoms with E-state index in [2.05, 4.69) is 35.3 Å². The van der Waals surface area contributed by atoms with Crippen LogP contribution in [0.4, 0.5) is 0 Å². The highest BCUT2D eigenvalue weighted by atomic mass is 14.7. The smallest absolute Gasteiger partial charge is 0.0461 e. The summed E-state index contributed by atoms with van der Waals surface area (Å²) in [4.78, 5) is 3.39. The van der Waals surface area contributed by atoms with Crippen molar-refractivity contribution < 1.29 is 0 Å². The number of nitrogens with one attached hydrogen (secondary N) is 1. The van der Waals surface area contributed by atoms with Gasteiger partial charge in [-0.15, -0.1) is 0 Å². The van der Waals surface area contributed by atoms with Gasteiger partial charge in [0.2, 0.25) is 0 Å². The first-order chi connectivity index (χ1) is 6.84. The molecule has 1 unspecified atom stereocenters. The fourth-order valence-corrected chi connectivity index (χ4v) is 2.11. The van der Waals surface area contributed by atoms with Crippen molar-refractivity contribution in [2.75, 3.05) is 0 Å². The van der Waals surface area contributed by atoms with Crippen LogP contribution in [-0.2, 0) is 6.42 Å². The Kier molecular flexibility index (Phi) is 1.52. The number of aromatic nitrogens is 1. The Morgan fingerprint density at radius 2 is 2.14 bits per heavy atom. The van der Waals surface area contributed by atoms with Crippen LogP contribution in [0.15, 0.2) is 30.3 Å². The number of rotatable bonds is 0. The molecule has 1 atom stereocenters. The van der Waals surface area contributed by atoms with E-state index in [1.165, 1.54) is 22.2 Å². The number of hydrogen-bond acceptors (Lipinski definition) is 1. The minimum atomic E-state index is 0.168. The third kappa shape index (κ3) is 1.01. The van der Waals surface area contributed by atoms with Gasteiger partial charge in [0.15, 0.2) is 0 Å². The highest BCUT2D eigenvalue weighted by Gasteiger charge is 2.14. The zero-order valence-electron chi connectivity index (χ0n) is 7.83. The summed E-state index contributed by atoms with van der Waals surface area (Å²) in [6.45, 7) is 0. The zero-order valence-corrected chi connectivity index (χ0v) is 7.83. The Balaban J connectivity index is 2.32. The largest absolute Gasteiger partial charge is 0.355 e. The molecule has 14 heavy (non-hydrogen) atoms. The fourth-order valence-electron chi connectivity index (χ4n) is 2.11. The average molecular weight is 184 g/mol. The van der Waals surface area contributed by atoms with Crippen molar-refractivity contribution in [2.24, 2.45) is 5.73 Å². The molecular weight excluding hydrogens is 172 g/mol. The number of para-hydroxylation sites is 1. The summed E-state index contributed by atoms with van der Waals surface area (Å²) < 4.78 is 0. The van der Waals surface area contributed by atoms with Crippen molar-refractivity contribution in [2.45, 2.75) is 12.5 Å². The molecule has 0 bridgehead atoms. The molecule has 0 saturated heterocycles. The van der Waals surface area contributed by atoms with E-state index in [1.807, 2.05) is 6.07 Å². The van der Waals surface area contributed by atoms with E-state index in [1.54, 1.807) is 0 Å². The van der Waals surface area contributed by atoms with Gasteiger partial charge in [-0.05, 0) is 24.1 Å². The van der Waals surface area contributed by atoms with Crippen LogP contribution >= 0.6 is 0 Å². The number of H-pyrrole nitrogens is 1. The predicted octanol–water partition coefficient (Wildman–Crippen LogP) is 2.06. The van der Waals surface area contributed by atoms with Crippen molar-refractivity contribution >= 4 is 17.0 Å². The maximum atomic E-state index is 5.90. The number of benzene rings is 1. The normalized spacial score (nSPS) is 19.9. The molecule has 1 heterocycles. The Hall–Kier alpha value is -1.54. The number of hydrogen-bond donors (Lipinski definition) is 2. The van der Waals surface area contributed by atoms with E-state index < -0.39 is 0 Å². The molecule has 2 aromatic rings. The van der Waals surface area contributed by atoms with E-state index in [0.717, 1.165) is 6.42 Å². The minimum absolute atomic E-state index is 0.168. The molecule has 0 radical (unpaired) electrons. The van der Waals surface area contributed by atoms with E-state index >= 15 is 0 Å². The lowest BCUT2D eigenvalue weighted by molar-refractivity contribution is 0.806. The SMILES string of the molecule is NC1C=Cc2[nH]c3ccccc3c2C1. The van der Waals surface area contributed by atoms with Crippen LogP contribution in [-0.4, -0.2) is 11.0 Å². The monoisotopic (exact) mass is 184 g/mol. The molecule has 70 valence electrons. The van der Waals surface area contributed by atoms with Crippen molar-refractivity contribution in [1.82, 2.24) is 4.98 Å². The van der Waals surface area contributed by atoms with Gasteiger partial charge in [0.05, 0.1) is 0 Å². The highest BCUT2D eigenvalue weighted by molar-refractivity contribution is 5.87. The van der Waals surface area contributed by atoms with Crippen molar-refractivity contribution in [3.8, 4) is 0 Å². The first-order valence-electron chi connectivity index (χ1n) is 4.88. The van der Waals surface area contributed by atoms with Gasteiger partial charge < -0.3 is 10.7 Å². The summed E-state index contributed by atoms with van der Waals surface area (Å²) in [7, 11) is 0. The number of aromatic amines is 1. The van der Waals surface area contributed by atoms with Gasteiger partial charge in [-0.1, -0.05) is 24.3 Å². The number of fused-ring (bicyclic) bond motifs is 3. The van der Waals surface area contributed by atoms with E-state index in [-0.39, 0.29) is 6.04 Å². The zero-order chi connectivity index (χ0) is 9.54. The van der Waals surface area contributed by atoms with E-state index in [0.29, 0.717) is 0 Å². The second kappa shape index (κ2) is 2.72. The van der Waals surface area contributed by atoms with Crippen LogP contribution < -0.4 is 5.73 Å². The molecule has 1 aromatic carbocycles. The van der Waals surface area contributed by atoms with Gasteiger partial charge >= 0.3 is 0 Å². The van der Waals surface area contributed by atoms with Crippen LogP contribution in [0.5, 0.6) is 0 Å². The van der Waals surface area contributed by atoms with Gasteiger partial charge in [0, 0.05) is 22.6 Å². The van der Waals surface area contributed by atoms with Crippen LogP contribution in [0.25, 0.3) is 17.0 Å². The lowest BCUT2D eigenvalue weighted by Crippen LogP contribution is -2.22. The fraction of sp³-hybridized carbons (Fsp3) is 0.167. The van der Waals surface area contributed by atoms with Crippen molar-refractivity contribution in [3.05, 3.63) is 41.6 Å². The molecule has 1 aromatic heterocycles. The molecule has 3 rings (SSSR count). The summed E-state index contributed by atoms with van der Waals surface area (Å²) in [5.41, 5.74) is 9.68. The molecule has 0 spiro atoms. The van der Waals surface area contributed by atoms with Crippen molar-refractivity contribution in [3.63, 3.8) is 0 Å². The summed E-state index contributed by atoms with van der Waals surface area (Å²) in [5, 5.41) is 1.31. The molecule has 2 heteroatoms. The third-order valence-electron chi connectivity index (χ3n) is 2.80. The quantitative estimate of drug-likeness (QED) is 0.646. The molecule has 0 saturated carbocycles. The lowest BCUT2D eigenvalue weighted by Gasteiger charge is -2.11. The molecular formula is C12H12N2. The minimum Gasteiger partial charge on any atom is -0.355 e. The Morgan fingerprint density at radius 3 is 3.07 bits per heavy atom. The topological polar surface area (TPSA) is 41.8 Å². The Morgan fingerprint density at radius 1 is 1.29 bits per heavy atom. The van der Waals surface area contributed by atoms with Crippen LogP contribution in [0.1, 0.15) is 11.3 Å². The number of nitrogens with two attached hydrogens (primary N) is 1. The standard InChI is InChI=1S/C12H12N2/c13-8-5-6-12-10(7-8)9-3-1-2-4-11(9)14-12/h1-6,8,14H,7,13H2. The molecule has 3 N–H and O–H groups in total. The van der Waals surface area contributed by atoms with Gasteiger partial charge in [0.25, 0.3) is 0 Å². The third-order valence-corrected chi connectivity index (χ3v) is 2.80. The summed E-state index contributed by atoms with van der Waals surface area (Å²) >= 11 is 0. The first kappa shape index (κ1) is 7.83. The summed E-state index contributed by atoms with van der Waals surface area (Å²) in [5.74, 6) is 0. The summed E-state index contributed by atoms with van der Waals surface area (Å²) in [6.07, 6.45) is 5.08. The molecule has 0 fully saturated rings. The maximum Gasteiger partial charge on any atom is 0.0461 e. The molecule has 1 aliphatic carbocycles. The van der Waals surface area contributed by atoms with Gasteiger partial charge in [-0.25, -0.2) is 0 Å². The Bertz CT molecular complexity index is 508. The van der Waals surface area contributed by atoms with Gasteiger partial charge in [-0.2, -0.15) is 0 Å². The second-order valence-electron chi connectivity index (χ2n) is 3.79. The highest BCUT2D eigenvalue weighted by Crippen LogP contribution is 2.27. The summed E-state index contributed by atoms with van der Waals surface area (Å²) in [6, 6.07) is 8.54. The van der Waals surface area contributed by atoms with Gasteiger partial charge in [-0.3, -0.25) is 0 Å². The van der Waals surface area contributed by atoms with Crippen LogP contribution in [0.2, 0.25) is 0 Å².